The molecule has 0 aliphatic rings. The molecule has 13 heavy (non-hydrogen) atoms. The lowest BCUT2D eigenvalue weighted by molar-refractivity contribution is 0.102. The van der Waals surface area contributed by atoms with E-state index in [4.69, 9.17) is 17.3 Å². The van der Waals surface area contributed by atoms with E-state index in [2.05, 4.69) is 15.9 Å². The van der Waals surface area contributed by atoms with Gasteiger partial charge in [-0.15, -0.1) is 0 Å². The largest absolute Gasteiger partial charge is 0.397 e. The van der Waals surface area contributed by atoms with Crippen LogP contribution in [0.25, 0.3) is 0 Å². The molecule has 2 N–H and O–H groups in total. The molecule has 0 radical (unpaired) electrons. The van der Waals surface area contributed by atoms with Gasteiger partial charge in [0.1, 0.15) is 0 Å². The van der Waals surface area contributed by atoms with Crippen molar-refractivity contribution in [3.8, 4) is 0 Å². The third-order valence-electron chi connectivity index (χ3n) is 1.70. The van der Waals surface area contributed by atoms with Gasteiger partial charge in [0.2, 0.25) is 0 Å². The van der Waals surface area contributed by atoms with Crippen LogP contribution < -0.4 is 5.73 Å². The maximum atomic E-state index is 11.4. The summed E-state index contributed by atoms with van der Waals surface area (Å²) in [6.45, 7) is 1.87. The molecule has 70 valence electrons. The van der Waals surface area contributed by atoms with Crippen LogP contribution in [0.3, 0.4) is 0 Å². The molecule has 0 aromatic heterocycles. The van der Waals surface area contributed by atoms with Crippen LogP contribution in [-0.2, 0) is 0 Å². The normalized spacial score (nSPS) is 10.1. The van der Waals surface area contributed by atoms with E-state index in [1.54, 1.807) is 12.1 Å². The fraction of sp³-hybridized carbons (Fsp3) is 0.222. The third-order valence-corrected chi connectivity index (χ3v) is 2.52. The number of anilines is 1. The molecule has 0 unspecified atom stereocenters. The Morgan fingerprint density at radius 1 is 1.62 bits per heavy atom. The van der Waals surface area contributed by atoms with Gasteiger partial charge in [0, 0.05) is 5.56 Å². The first-order chi connectivity index (χ1) is 6.06. The fourth-order valence-electron chi connectivity index (χ4n) is 1.06. The summed E-state index contributed by atoms with van der Waals surface area (Å²) in [5.41, 5.74) is 7.43. The van der Waals surface area contributed by atoms with Gasteiger partial charge in [-0.05, 0) is 24.6 Å². The van der Waals surface area contributed by atoms with E-state index in [9.17, 15) is 4.79 Å². The van der Waals surface area contributed by atoms with Crippen LogP contribution in [0.4, 0.5) is 5.69 Å². The molecule has 0 aliphatic heterocycles. The smallest absolute Gasteiger partial charge is 0.175 e. The van der Waals surface area contributed by atoms with Crippen LogP contribution in [0, 0.1) is 6.92 Å². The predicted octanol–water partition coefficient (Wildman–Crippen LogP) is 2.81. The standard InChI is InChI=1S/C9H9BrClNO/c1-5-2-6(8(13)4-10)9(12)7(11)3-5/h2-3H,4,12H2,1H3. The zero-order chi connectivity index (χ0) is 10.0. The van der Waals surface area contributed by atoms with Gasteiger partial charge >= 0.3 is 0 Å². The van der Waals surface area contributed by atoms with Gasteiger partial charge in [0.25, 0.3) is 0 Å². The second-order valence-electron chi connectivity index (χ2n) is 2.76. The molecule has 0 saturated heterocycles. The van der Waals surface area contributed by atoms with Crippen LogP contribution in [0.5, 0.6) is 0 Å². The lowest BCUT2D eigenvalue weighted by Gasteiger charge is -2.06. The minimum absolute atomic E-state index is 0.0527. The Balaban J connectivity index is 3.28. The molecule has 1 aromatic rings. The van der Waals surface area contributed by atoms with E-state index in [-0.39, 0.29) is 11.1 Å². The summed E-state index contributed by atoms with van der Waals surface area (Å²) in [5.74, 6) is -0.0527. The highest BCUT2D eigenvalue weighted by atomic mass is 79.9. The number of hydrogen-bond acceptors (Lipinski definition) is 2. The number of ketones is 1. The molecule has 2 nitrogen and oxygen atoms in total. The molecule has 0 amide bonds. The van der Waals surface area contributed by atoms with Gasteiger partial charge in [-0.3, -0.25) is 4.79 Å². The zero-order valence-electron chi connectivity index (χ0n) is 7.10. The molecule has 0 spiro atoms. The summed E-state index contributed by atoms with van der Waals surface area (Å²) >= 11 is 8.91. The number of nitrogen functional groups attached to an aromatic ring is 1. The van der Waals surface area contributed by atoms with E-state index in [0.29, 0.717) is 16.3 Å². The molecule has 0 heterocycles. The third kappa shape index (κ3) is 2.23. The lowest BCUT2D eigenvalue weighted by Crippen LogP contribution is -2.05. The first kappa shape index (κ1) is 10.5. The maximum absolute atomic E-state index is 11.4. The van der Waals surface area contributed by atoms with Gasteiger partial charge in [-0.2, -0.15) is 0 Å². The monoisotopic (exact) mass is 261 g/mol. The number of nitrogens with two attached hydrogens (primary N) is 1. The van der Waals surface area contributed by atoms with Crippen molar-refractivity contribution < 1.29 is 4.79 Å². The van der Waals surface area contributed by atoms with E-state index in [1.807, 2.05) is 6.92 Å². The molecular formula is C9H9BrClNO. The van der Waals surface area contributed by atoms with Crippen molar-refractivity contribution in [3.63, 3.8) is 0 Å². The van der Waals surface area contributed by atoms with Crippen molar-refractivity contribution in [2.24, 2.45) is 0 Å². The molecule has 0 aliphatic carbocycles. The van der Waals surface area contributed by atoms with Crippen LogP contribution in [0.1, 0.15) is 15.9 Å². The van der Waals surface area contributed by atoms with Gasteiger partial charge < -0.3 is 5.73 Å². The van der Waals surface area contributed by atoms with Crippen molar-refractivity contribution in [2.45, 2.75) is 6.92 Å². The fourth-order valence-corrected chi connectivity index (χ4v) is 1.63. The highest BCUT2D eigenvalue weighted by Crippen LogP contribution is 2.25. The highest BCUT2D eigenvalue weighted by molar-refractivity contribution is 9.09. The molecular weight excluding hydrogens is 253 g/mol. The highest BCUT2D eigenvalue weighted by Gasteiger charge is 2.11. The van der Waals surface area contributed by atoms with Crippen molar-refractivity contribution >= 4 is 39.0 Å². The average molecular weight is 263 g/mol. The number of carbonyl (C=O) groups is 1. The Kier molecular flexibility index (Phi) is 3.33. The van der Waals surface area contributed by atoms with Crippen molar-refractivity contribution in [1.82, 2.24) is 0 Å². The van der Waals surface area contributed by atoms with Gasteiger partial charge in [-0.25, -0.2) is 0 Å². The number of aryl methyl sites for hydroxylation is 1. The number of rotatable bonds is 2. The number of hydrogen-bond donors (Lipinski definition) is 1. The first-order valence-electron chi connectivity index (χ1n) is 3.71. The number of Topliss-reactive ketones (excluding diaryl/α,β-unsaturated/α-hetero) is 1. The Bertz CT molecular complexity index is 352. The van der Waals surface area contributed by atoms with E-state index in [1.165, 1.54) is 0 Å². The minimum Gasteiger partial charge on any atom is -0.397 e. The number of halogens is 2. The molecule has 1 rings (SSSR count). The van der Waals surface area contributed by atoms with E-state index >= 15 is 0 Å². The topological polar surface area (TPSA) is 43.1 Å². The van der Waals surface area contributed by atoms with Crippen LogP contribution >= 0.6 is 27.5 Å². The van der Waals surface area contributed by atoms with Crippen molar-refractivity contribution in [2.75, 3.05) is 11.1 Å². The molecule has 1 aromatic carbocycles. The number of alkyl halides is 1. The van der Waals surface area contributed by atoms with Crippen molar-refractivity contribution in [3.05, 3.63) is 28.3 Å². The predicted molar refractivity (Wildman–Crippen MR) is 58.7 cm³/mol. The van der Waals surface area contributed by atoms with Crippen molar-refractivity contribution in [1.29, 1.82) is 0 Å². The average Bonchev–Trinajstić information content (AvgIpc) is 2.10. The summed E-state index contributed by atoms with van der Waals surface area (Å²) < 4.78 is 0. The Morgan fingerprint density at radius 2 is 2.23 bits per heavy atom. The quantitative estimate of drug-likeness (QED) is 0.506. The maximum Gasteiger partial charge on any atom is 0.175 e. The van der Waals surface area contributed by atoms with Crippen LogP contribution in [-0.4, -0.2) is 11.1 Å². The Labute approximate surface area is 90.2 Å². The Morgan fingerprint density at radius 3 is 2.77 bits per heavy atom. The summed E-state index contributed by atoms with van der Waals surface area (Å²) in [6, 6.07) is 3.48. The van der Waals surface area contributed by atoms with E-state index in [0.717, 1.165) is 5.56 Å². The lowest BCUT2D eigenvalue weighted by atomic mass is 10.1. The summed E-state index contributed by atoms with van der Waals surface area (Å²) in [6.07, 6.45) is 0. The second kappa shape index (κ2) is 4.11. The van der Waals surface area contributed by atoms with Crippen LogP contribution in [0.15, 0.2) is 12.1 Å². The van der Waals surface area contributed by atoms with Gasteiger partial charge in [0.15, 0.2) is 5.78 Å². The molecule has 0 saturated carbocycles. The SMILES string of the molecule is Cc1cc(Cl)c(N)c(C(=O)CBr)c1. The zero-order valence-corrected chi connectivity index (χ0v) is 9.45. The number of carbonyl (C=O) groups excluding carboxylic acids is 1. The summed E-state index contributed by atoms with van der Waals surface area (Å²) in [7, 11) is 0. The number of benzene rings is 1. The Hall–Kier alpha value is -0.540. The van der Waals surface area contributed by atoms with Gasteiger partial charge in [-0.1, -0.05) is 27.5 Å². The van der Waals surface area contributed by atoms with Gasteiger partial charge in [0.05, 0.1) is 16.0 Å². The summed E-state index contributed by atoms with van der Waals surface area (Å²) in [4.78, 5) is 11.4. The second-order valence-corrected chi connectivity index (χ2v) is 3.73. The minimum atomic E-state index is -0.0527. The van der Waals surface area contributed by atoms with Crippen LogP contribution in [0.2, 0.25) is 5.02 Å². The molecule has 0 fully saturated rings. The van der Waals surface area contributed by atoms with E-state index < -0.39 is 0 Å². The molecule has 4 heteroatoms. The summed E-state index contributed by atoms with van der Waals surface area (Å²) in [5, 5.41) is 0.695. The first-order valence-corrected chi connectivity index (χ1v) is 5.21. The molecule has 0 atom stereocenters. The molecule has 0 bridgehead atoms.